The van der Waals surface area contributed by atoms with Crippen molar-refractivity contribution in [3.8, 4) is 11.5 Å². The van der Waals surface area contributed by atoms with Crippen molar-refractivity contribution in [3.63, 3.8) is 0 Å². The minimum Gasteiger partial charge on any atom is -0.493 e. The standard InChI is InChI=1S/C16H7F17O5S/c1-37-8-4-6(5-34)2-3-7(8)38-39(35,36)16(32,33)14(27,28)12(23,24)10(19,20)9(17,18)11(21,22)13(25,26)15(29,30)31/h2-5H,1H3. The van der Waals surface area contributed by atoms with Gasteiger partial charge in [-0.25, -0.2) is 0 Å². The summed E-state index contributed by atoms with van der Waals surface area (Å²) in [6, 6.07) is 1.05. The lowest BCUT2D eigenvalue weighted by Gasteiger charge is -2.42. The summed E-state index contributed by atoms with van der Waals surface area (Å²) >= 11 is 0. The Balaban J connectivity index is 3.73. The van der Waals surface area contributed by atoms with E-state index in [1.165, 1.54) is 0 Å². The molecular weight excluding hydrogens is 627 g/mol. The Hall–Kier alpha value is -2.75. The molecule has 0 atom stereocenters. The quantitative estimate of drug-likeness (QED) is 0.165. The molecule has 0 aliphatic rings. The largest absolute Gasteiger partial charge is 0.493 e. The summed E-state index contributed by atoms with van der Waals surface area (Å²) in [5.41, 5.74) is -0.473. The van der Waals surface area contributed by atoms with Gasteiger partial charge in [0.1, 0.15) is 6.29 Å². The van der Waals surface area contributed by atoms with Gasteiger partial charge in [-0.15, -0.1) is 0 Å². The Bertz CT molecular complexity index is 1190. The zero-order valence-electron chi connectivity index (χ0n) is 17.7. The third kappa shape index (κ3) is 4.68. The van der Waals surface area contributed by atoms with E-state index in [2.05, 4.69) is 8.92 Å². The molecule has 0 aromatic heterocycles. The maximum atomic E-state index is 14.0. The molecule has 5 nitrogen and oxygen atoms in total. The summed E-state index contributed by atoms with van der Waals surface area (Å²) in [7, 11) is -7.25. The zero-order chi connectivity index (χ0) is 31.5. The molecule has 0 N–H and O–H groups in total. The molecule has 0 amide bonds. The normalized spacial score (nSPS) is 15.2. The second kappa shape index (κ2) is 9.42. The van der Waals surface area contributed by atoms with Crippen LogP contribution in [-0.2, 0) is 10.1 Å². The summed E-state index contributed by atoms with van der Waals surface area (Å²) in [6.45, 7) is 0. The van der Waals surface area contributed by atoms with Crippen molar-refractivity contribution in [3.05, 3.63) is 23.8 Å². The van der Waals surface area contributed by atoms with Crippen LogP contribution in [0.15, 0.2) is 18.2 Å². The van der Waals surface area contributed by atoms with E-state index in [1.54, 1.807) is 0 Å². The average molecular weight is 634 g/mol. The van der Waals surface area contributed by atoms with Crippen molar-refractivity contribution in [1.29, 1.82) is 0 Å². The van der Waals surface area contributed by atoms with Crippen LogP contribution in [0.1, 0.15) is 10.4 Å². The predicted octanol–water partition coefficient (Wildman–Crippen LogP) is 6.18. The first-order valence-electron chi connectivity index (χ1n) is 8.75. The van der Waals surface area contributed by atoms with Gasteiger partial charge in [-0.05, 0) is 18.2 Å². The lowest BCUT2D eigenvalue weighted by Crippen LogP contribution is -2.75. The van der Waals surface area contributed by atoms with Gasteiger partial charge in [-0.3, -0.25) is 4.79 Å². The molecule has 0 aliphatic carbocycles. The molecule has 0 saturated carbocycles. The van der Waals surface area contributed by atoms with E-state index in [0.717, 1.165) is 0 Å². The van der Waals surface area contributed by atoms with Crippen molar-refractivity contribution < 1.29 is 96.8 Å². The second-order valence-electron chi connectivity index (χ2n) is 7.03. The van der Waals surface area contributed by atoms with Crippen molar-refractivity contribution >= 4 is 16.4 Å². The van der Waals surface area contributed by atoms with Gasteiger partial charge in [-0.2, -0.15) is 83.1 Å². The number of halogens is 17. The van der Waals surface area contributed by atoms with Crippen LogP contribution in [0.2, 0.25) is 0 Å². The SMILES string of the molecule is COc1cc(C=O)ccc1OS(=O)(=O)C(F)(F)C(F)(F)C(F)(F)C(F)(F)C(F)(F)C(F)(F)C(F)(F)C(F)(F)F. The molecule has 0 heterocycles. The predicted molar refractivity (Wildman–Crippen MR) is 88.6 cm³/mol. The molecule has 226 valence electrons. The Labute approximate surface area is 203 Å². The molecule has 1 aromatic carbocycles. The highest BCUT2D eigenvalue weighted by molar-refractivity contribution is 7.88. The number of aldehydes is 1. The molecule has 0 saturated heterocycles. The van der Waals surface area contributed by atoms with Gasteiger partial charge < -0.3 is 8.92 Å². The van der Waals surface area contributed by atoms with Gasteiger partial charge in [0.15, 0.2) is 11.5 Å². The maximum Gasteiger partial charge on any atom is 0.460 e. The van der Waals surface area contributed by atoms with E-state index in [-0.39, 0.29) is 12.4 Å². The van der Waals surface area contributed by atoms with Crippen LogP contribution in [-0.4, -0.2) is 68.8 Å². The summed E-state index contributed by atoms with van der Waals surface area (Å²) in [5.74, 6) is -55.1. The smallest absolute Gasteiger partial charge is 0.460 e. The zero-order valence-corrected chi connectivity index (χ0v) is 18.5. The number of rotatable bonds is 11. The summed E-state index contributed by atoms with van der Waals surface area (Å²) in [5, 5.41) is -7.85. The molecule has 0 bridgehead atoms. The van der Waals surface area contributed by atoms with Gasteiger partial charge in [0.05, 0.1) is 7.11 Å². The highest BCUT2D eigenvalue weighted by Crippen LogP contribution is 2.64. The van der Waals surface area contributed by atoms with Crippen molar-refractivity contribution in [2.75, 3.05) is 7.11 Å². The monoisotopic (exact) mass is 634 g/mol. The van der Waals surface area contributed by atoms with E-state index < -0.39 is 74.1 Å². The van der Waals surface area contributed by atoms with Crippen LogP contribution in [0.5, 0.6) is 11.5 Å². The Kier molecular flexibility index (Phi) is 8.28. The minimum atomic E-state index is -8.95. The fraction of sp³-hybridized carbons (Fsp3) is 0.562. The molecule has 0 spiro atoms. The van der Waals surface area contributed by atoms with Crippen molar-refractivity contribution in [2.45, 2.75) is 47.0 Å². The van der Waals surface area contributed by atoms with Crippen LogP contribution < -0.4 is 8.92 Å². The summed E-state index contributed by atoms with van der Waals surface area (Å²) in [6.07, 6.45) is -7.95. The van der Waals surface area contributed by atoms with E-state index >= 15 is 0 Å². The highest BCUT2D eigenvalue weighted by Gasteiger charge is 2.96. The van der Waals surface area contributed by atoms with Crippen molar-refractivity contribution in [2.24, 2.45) is 0 Å². The second-order valence-corrected chi connectivity index (χ2v) is 8.61. The summed E-state index contributed by atoms with van der Waals surface area (Å²) < 4.78 is 257. The lowest BCUT2D eigenvalue weighted by molar-refractivity contribution is -0.458. The van der Waals surface area contributed by atoms with Crippen LogP contribution in [0.4, 0.5) is 74.6 Å². The molecule has 0 aliphatic heterocycles. The Morgan fingerprint density at radius 2 is 1.00 bits per heavy atom. The Morgan fingerprint density at radius 3 is 1.36 bits per heavy atom. The number of alkyl halides is 17. The maximum absolute atomic E-state index is 14.0. The molecule has 39 heavy (non-hydrogen) atoms. The van der Waals surface area contributed by atoms with Gasteiger partial charge in [0, 0.05) is 5.56 Å². The number of hydrogen-bond acceptors (Lipinski definition) is 5. The van der Waals surface area contributed by atoms with E-state index in [9.17, 15) is 87.8 Å². The number of methoxy groups -OCH3 is 1. The fourth-order valence-electron chi connectivity index (χ4n) is 2.30. The number of carbonyl (C=O) groups is 1. The van der Waals surface area contributed by atoms with Crippen LogP contribution in [0.25, 0.3) is 0 Å². The Morgan fingerprint density at radius 1 is 0.615 bits per heavy atom. The molecule has 23 heteroatoms. The topological polar surface area (TPSA) is 69.7 Å². The fourth-order valence-corrected chi connectivity index (χ4v) is 3.22. The van der Waals surface area contributed by atoms with E-state index in [4.69, 9.17) is 0 Å². The molecular formula is C16H7F17O5S. The van der Waals surface area contributed by atoms with Crippen LogP contribution >= 0.6 is 0 Å². The first-order chi connectivity index (χ1) is 17.0. The highest BCUT2D eigenvalue weighted by atomic mass is 32.2. The number of hydrogen-bond donors (Lipinski definition) is 0. The van der Waals surface area contributed by atoms with Gasteiger partial charge in [-0.1, -0.05) is 0 Å². The van der Waals surface area contributed by atoms with Gasteiger partial charge in [0.25, 0.3) is 0 Å². The molecule has 0 radical (unpaired) electrons. The first kappa shape index (κ1) is 34.3. The van der Waals surface area contributed by atoms with Crippen molar-refractivity contribution in [1.82, 2.24) is 0 Å². The lowest BCUT2D eigenvalue weighted by atomic mass is 9.91. The number of ether oxygens (including phenoxy) is 1. The molecule has 0 unspecified atom stereocenters. The molecule has 1 rings (SSSR count). The minimum absolute atomic E-state index is 0.0234. The third-order valence-electron chi connectivity index (χ3n) is 4.53. The average Bonchev–Trinajstić information content (AvgIpc) is 2.77. The van der Waals surface area contributed by atoms with E-state index in [1.807, 2.05) is 0 Å². The molecule has 0 fully saturated rings. The number of benzene rings is 1. The van der Waals surface area contributed by atoms with Crippen LogP contribution in [0.3, 0.4) is 0 Å². The van der Waals surface area contributed by atoms with Gasteiger partial charge in [0.2, 0.25) is 0 Å². The number of carbonyl (C=O) groups excluding carboxylic acids is 1. The summed E-state index contributed by atoms with van der Waals surface area (Å²) in [4.78, 5) is 10.6. The third-order valence-corrected chi connectivity index (χ3v) is 5.81. The van der Waals surface area contributed by atoms with Crippen LogP contribution in [0, 0.1) is 0 Å². The first-order valence-corrected chi connectivity index (χ1v) is 10.2. The van der Waals surface area contributed by atoms with Gasteiger partial charge >= 0.3 is 57.1 Å². The van der Waals surface area contributed by atoms with E-state index in [0.29, 0.717) is 19.2 Å². The molecule has 1 aromatic rings.